The number of hydrogen-bond acceptors (Lipinski definition) is 4. The first kappa shape index (κ1) is 24.8. The Morgan fingerprint density at radius 2 is 1.84 bits per heavy atom. The summed E-state index contributed by atoms with van der Waals surface area (Å²) >= 11 is 5.89. The molecule has 0 bridgehead atoms. The van der Waals surface area contributed by atoms with Gasteiger partial charge in [0.05, 0.1) is 28.9 Å². The van der Waals surface area contributed by atoms with E-state index in [9.17, 15) is 14.3 Å². The molecule has 2 aliphatic carbocycles. The molecule has 2 N–H and O–H groups in total. The van der Waals surface area contributed by atoms with Crippen LogP contribution in [0, 0.1) is 17.7 Å². The molecule has 1 amide bonds. The van der Waals surface area contributed by atoms with E-state index in [4.69, 9.17) is 11.6 Å². The molecule has 2 atom stereocenters. The number of nitrogens with one attached hydrogen (secondary N) is 1. The standard InChI is InChI=1S/C29H29ClFN5O2/c1-35-16-32-25(26(35)28(37)34-21-8-9-24(31)23(30)12-21)18-10-19-13-29(38,14-20(19)11-18)27-22(15-33-36(27)2)17-6-4-3-5-7-17/h3-9,12,15-16,18-20,38H,10-11,13-14H2,1-2H3,(H,34,37). The molecule has 2 fully saturated rings. The average Bonchev–Trinajstić information content (AvgIpc) is 3.63. The van der Waals surface area contributed by atoms with Gasteiger partial charge in [0.25, 0.3) is 5.91 Å². The summed E-state index contributed by atoms with van der Waals surface area (Å²) in [5, 5.41) is 19.2. The summed E-state index contributed by atoms with van der Waals surface area (Å²) in [4.78, 5) is 17.8. The second kappa shape index (κ2) is 9.36. The van der Waals surface area contributed by atoms with Crippen molar-refractivity contribution in [2.75, 3.05) is 5.32 Å². The molecule has 0 saturated heterocycles. The molecule has 196 valence electrons. The zero-order valence-electron chi connectivity index (χ0n) is 21.2. The van der Waals surface area contributed by atoms with Crippen molar-refractivity contribution >= 4 is 23.2 Å². The van der Waals surface area contributed by atoms with E-state index in [0.29, 0.717) is 36.1 Å². The normalized spacial score (nSPS) is 24.5. The second-order valence-corrected chi connectivity index (χ2v) is 11.1. The average molecular weight is 534 g/mol. The van der Waals surface area contributed by atoms with Gasteiger partial charge in [-0.1, -0.05) is 41.9 Å². The third-order valence-electron chi connectivity index (χ3n) is 8.25. The predicted octanol–water partition coefficient (Wildman–Crippen LogP) is 5.66. The molecule has 2 heterocycles. The fourth-order valence-corrected chi connectivity index (χ4v) is 6.87. The predicted molar refractivity (Wildman–Crippen MR) is 143 cm³/mol. The van der Waals surface area contributed by atoms with E-state index in [0.717, 1.165) is 35.4 Å². The summed E-state index contributed by atoms with van der Waals surface area (Å²) in [6, 6.07) is 14.2. The number of benzene rings is 2. The van der Waals surface area contributed by atoms with Crippen LogP contribution in [0.25, 0.3) is 11.1 Å². The molecule has 0 aliphatic heterocycles. The van der Waals surface area contributed by atoms with Gasteiger partial charge in [0.1, 0.15) is 17.1 Å². The fourth-order valence-electron chi connectivity index (χ4n) is 6.69. The smallest absolute Gasteiger partial charge is 0.274 e. The number of fused-ring (bicyclic) bond motifs is 1. The summed E-state index contributed by atoms with van der Waals surface area (Å²) in [6.07, 6.45) is 6.50. The molecule has 7 nitrogen and oxygen atoms in total. The van der Waals surface area contributed by atoms with Crippen LogP contribution in [-0.4, -0.2) is 30.3 Å². The minimum Gasteiger partial charge on any atom is -0.384 e. The number of carbonyl (C=O) groups is 1. The number of amides is 1. The lowest BCUT2D eigenvalue weighted by molar-refractivity contribution is 0.0269. The lowest BCUT2D eigenvalue weighted by Gasteiger charge is -2.26. The van der Waals surface area contributed by atoms with Gasteiger partial charge in [0.15, 0.2) is 0 Å². The largest absolute Gasteiger partial charge is 0.384 e. The zero-order chi connectivity index (χ0) is 26.6. The van der Waals surface area contributed by atoms with E-state index < -0.39 is 11.4 Å². The van der Waals surface area contributed by atoms with Crippen molar-refractivity contribution in [3.63, 3.8) is 0 Å². The highest BCUT2D eigenvalue weighted by atomic mass is 35.5. The number of imidazole rings is 1. The molecule has 2 unspecified atom stereocenters. The van der Waals surface area contributed by atoms with Gasteiger partial charge in [-0.2, -0.15) is 5.10 Å². The highest BCUT2D eigenvalue weighted by Crippen LogP contribution is 2.57. The molecular formula is C29H29ClFN5O2. The Kier molecular flexibility index (Phi) is 6.12. The van der Waals surface area contributed by atoms with Crippen molar-refractivity contribution in [2.24, 2.45) is 25.9 Å². The summed E-state index contributed by atoms with van der Waals surface area (Å²) < 4.78 is 17.1. The van der Waals surface area contributed by atoms with E-state index >= 15 is 0 Å². The van der Waals surface area contributed by atoms with Crippen LogP contribution >= 0.6 is 11.6 Å². The summed E-state index contributed by atoms with van der Waals surface area (Å²) in [5.41, 5.74) is 3.61. The molecule has 4 aromatic rings. The number of aliphatic hydroxyl groups is 1. The van der Waals surface area contributed by atoms with Crippen LogP contribution in [0.5, 0.6) is 0 Å². The lowest BCUT2D eigenvalue weighted by Crippen LogP contribution is -2.27. The van der Waals surface area contributed by atoms with Gasteiger partial charge in [-0.15, -0.1) is 0 Å². The first-order chi connectivity index (χ1) is 18.2. The molecule has 2 aromatic heterocycles. The number of halogens is 2. The Balaban J connectivity index is 1.21. The quantitative estimate of drug-likeness (QED) is 0.347. The maximum atomic E-state index is 13.5. The number of nitrogens with zero attached hydrogens (tertiary/aromatic N) is 4. The Bertz CT molecular complexity index is 1500. The molecule has 6 rings (SSSR count). The van der Waals surface area contributed by atoms with Gasteiger partial charge >= 0.3 is 0 Å². The Labute approximate surface area is 225 Å². The number of aromatic nitrogens is 4. The van der Waals surface area contributed by atoms with E-state index in [1.54, 1.807) is 17.9 Å². The Hall–Kier alpha value is -3.49. The molecule has 2 aliphatic rings. The van der Waals surface area contributed by atoms with E-state index in [2.05, 4.69) is 15.4 Å². The van der Waals surface area contributed by atoms with Crippen LogP contribution in [-0.2, 0) is 19.7 Å². The highest BCUT2D eigenvalue weighted by molar-refractivity contribution is 6.31. The van der Waals surface area contributed by atoms with Crippen molar-refractivity contribution in [3.8, 4) is 11.1 Å². The monoisotopic (exact) mass is 533 g/mol. The lowest BCUT2D eigenvalue weighted by atomic mass is 9.87. The van der Waals surface area contributed by atoms with Crippen LogP contribution < -0.4 is 5.32 Å². The van der Waals surface area contributed by atoms with Gasteiger partial charge in [-0.25, -0.2) is 9.37 Å². The highest BCUT2D eigenvalue weighted by Gasteiger charge is 2.52. The van der Waals surface area contributed by atoms with E-state index in [1.165, 1.54) is 18.2 Å². The molecule has 0 spiro atoms. The minimum absolute atomic E-state index is 0.0482. The van der Waals surface area contributed by atoms with Crippen molar-refractivity contribution in [3.05, 3.63) is 89.0 Å². The third-order valence-corrected chi connectivity index (χ3v) is 8.54. The molecule has 0 radical (unpaired) electrons. The summed E-state index contributed by atoms with van der Waals surface area (Å²) in [7, 11) is 3.69. The topological polar surface area (TPSA) is 85.0 Å². The minimum atomic E-state index is -0.955. The van der Waals surface area contributed by atoms with Crippen LogP contribution in [0.2, 0.25) is 5.02 Å². The SMILES string of the molecule is Cn1cnc(C2CC3CC(O)(c4c(-c5ccccc5)cnn4C)CC3C2)c1C(=O)Nc1ccc(F)c(Cl)c1. The molecule has 2 saturated carbocycles. The Morgan fingerprint density at radius 1 is 1.13 bits per heavy atom. The third kappa shape index (κ3) is 4.22. The summed E-state index contributed by atoms with van der Waals surface area (Å²) in [6.45, 7) is 0. The van der Waals surface area contributed by atoms with Gasteiger partial charge in [0, 0.05) is 31.3 Å². The van der Waals surface area contributed by atoms with Crippen LogP contribution in [0.3, 0.4) is 0 Å². The van der Waals surface area contributed by atoms with Crippen molar-refractivity contribution in [1.82, 2.24) is 19.3 Å². The molecular weight excluding hydrogens is 505 g/mol. The van der Waals surface area contributed by atoms with Gasteiger partial charge in [-0.3, -0.25) is 9.48 Å². The molecule has 9 heteroatoms. The van der Waals surface area contributed by atoms with Crippen molar-refractivity contribution in [2.45, 2.75) is 37.2 Å². The van der Waals surface area contributed by atoms with Crippen LogP contribution in [0.15, 0.2) is 61.1 Å². The number of carbonyl (C=O) groups excluding carboxylic acids is 1. The summed E-state index contributed by atoms with van der Waals surface area (Å²) in [5.74, 6) is -0.0906. The van der Waals surface area contributed by atoms with Gasteiger partial charge in [-0.05, 0) is 61.3 Å². The van der Waals surface area contributed by atoms with Gasteiger partial charge in [0.2, 0.25) is 0 Å². The van der Waals surface area contributed by atoms with E-state index in [-0.39, 0.29) is 16.8 Å². The van der Waals surface area contributed by atoms with E-state index in [1.807, 2.05) is 48.3 Å². The zero-order valence-corrected chi connectivity index (χ0v) is 22.0. The van der Waals surface area contributed by atoms with Crippen LogP contribution in [0.1, 0.15) is 53.5 Å². The van der Waals surface area contributed by atoms with Gasteiger partial charge < -0.3 is 15.0 Å². The first-order valence-electron chi connectivity index (χ1n) is 12.8. The number of aryl methyl sites for hydroxylation is 2. The number of anilines is 1. The first-order valence-corrected chi connectivity index (χ1v) is 13.2. The van der Waals surface area contributed by atoms with Crippen molar-refractivity contribution in [1.29, 1.82) is 0 Å². The number of hydrogen-bond donors (Lipinski definition) is 2. The molecule has 38 heavy (non-hydrogen) atoms. The maximum Gasteiger partial charge on any atom is 0.274 e. The van der Waals surface area contributed by atoms with Crippen molar-refractivity contribution < 1.29 is 14.3 Å². The fraction of sp³-hybridized carbons (Fsp3) is 0.345. The maximum absolute atomic E-state index is 13.5. The second-order valence-electron chi connectivity index (χ2n) is 10.7. The van der Waals surface area contributed by atoms with Crippen LogP contribution in [0.4, 0.5) is 10.1 Å². The number of rotatable bonds is 5. The molecule has 2 aromatic carbocycles. The Morgan fingerprint density at radius 3 is 2.53 bits per heavy atom.